The van der Waals surface area contributed by atoms with Crippen molar-refractivity contribution in [1.29, 1.82) is 0 Å². The van der Waals surface area contributed by atoms with Crippen LogP contribution in [0.4, 0.5) is 0 Å². The molecular formula is C14H21N3OS. The van der Waals surface area contributed by atoms with Crippen LogP contribution in [0.15, 0.2) is 29.4 Å². The number of carbonyl (C=O) groups excluding carboxylic acids is 1. The van der Waals surface area contributed by atoms with Crippen LogP contribution >= 0.6 is 11.8 Å². The number of amides is 1. The van der Waals surface area contributed by atoms with Gasteiger partial charge in [-0.15, -0.1) is 11.8 Å². The summed E-state index contributed by atoms with van der Waals surface area (Å²) < 4.78 is 0. The lowest BCUT2D eigenvalue weighted by Crippen LogP contribution is -2.45. The summed E-state index contributed by atoms with van der Waals surface area (Å²) in [6.45, 7) is 0.669. The fourth-order valence-corrected chi connectivity index (χ4v) is 3.21. The first-order chi connectivity index (χ1) is 9.29. The summed E-state index contributed by atoms with van der Waals surface area (Å²) in [4.78, 5) is 17.0. The molecular weight excluding hydrogens is 258 g/mol. The molecule has 4 nitrogen and oxygen atoms in total. The second-order valence-corrected chi connectivity index (χ2v) is 5.97. The number of pyridine rings is 1. The van der Waals surface area contributed by atoms with Crippen LogP contribution in [0.25, 0.3) is 0 Å². The van der Waals surface area contributed by atoms with Crippen molar-refractivity contribution in [3.63, 3.8) is 0 Å². The highest BCUT2D eigenvalue weighted by Gasteiger charge is 2.25. The van der Waals surface area contributed by atoms with E-state index in [0.717, 1.165) is 17.7 Å². The molecule has 19 heavy (non-hydrogen) atoms. The van der Waals surface area contributed by atoms with Gasteiger partial charge in [0.15, 0.2) is 0 Å². The minimum Gasteiger partial charge on any atom is -0.352 e. The Morgan fingerprint density at radius 3 is 2.84 bits per heavy atom. The molecule has 1 heterocycles. The largest absolute Gasteiger partial charge is 0.352 e. The van der Waals surface area contributed by atoms with Gasteiger partial charge in [0.05, 0.1) is 5.75 Å². The van der Waals surface area contributed by atoms with Gasteiger partial charge in [0, 0.05) is 23.3 Å². The van der Waals surface area contributed by atoms with Crippen LogP contribution in [-0.4, -0.2) is 29.2 Å². The van der Waals surface area contributed by atoms with E-state index in [1.54, 1.807) is 24.2 Å². The molecule has 0 bridgehead atoms. The van der Waals surface area contributed by atoms with E-state index < -0.39 is 0 Å². The average Bonchev–Trinajstić information content (AvgIpc) is 2.47. The Labute approximate surface area is 118 Å². The van der Waals surface area contributed by atoms with Gasteiger partial charge >= 0.3 is 0 Å². The van der Waals surface area contributed by atoms with Gasteiger partial charge in [0.1, 0.15) is 0 Å². The number of rotatable bonds is 5. The van der Waals surface area contributed by atoms with E-state index >= 15 is 0 Å². The van der Waals surface area contributed by atoms with Crippen molar-refractivity contribution in [2.45, 2.75) is 36.6 Å². The summed E-state index contributed by atoms with van der Waals surface area (Å²) in [7, 11) is 0. The smallest absolute Gasteiger partial charge is 0.230 e. The van der Waals surface area contributed by atoms with Gasteiger partial charge in [0.25, 0.3) is 0 Å². The number of carbonyl (C=O) groups is 1. The number of nitrogens with two attached hydrogens (primary N) is 1. The summed E-state index contributed by atoms with van der Waals surface area (Å²) >= 11 is 1.54. The lowest BCUT2D eigenvalue weighted by atomic mass is 9.84. The molecule has 1 aromatic rings. The molecule has 0 radical (unpaired) electrons. The van der Waals surface area contributed by atoms with E-state index in [-0.39, 0.29) is 11.9 Å². The number of aromatic nitrogens is 1. The van der Waals surface area contributed by atoms with Gasteiger partial charge in [-0.2, -0.15) is 0 Å². The van der Waals surface area contributed by atoms with E-state index in [9.17, 15) is 4.79 Å². The van der Waals surface area contributed by atoms with Gasteiger partial charge < -0.3 is 11.1 Å². The zero-order valence-electron chi connectivity index (χ0n) is 11.0. The first-order valence-electron chi connectivity index (χ1n) is 6.82. The Bertz CT molecular complexity index is 399. The number of thioether (sulfide) groups is 1. The molecule has 3 N–H and O–H groups in total. The van der Waals surface area contributed by atoms with Crippen LogP contribution in [0.5, 0.6) is 0 Å². The molecule has 1 aliphatic rings. The molecule has 1 aliphatic carbocycles. The van der Waals surface area contributed by atoms with Crippen LogP contribution in [0, 0.1) is 5.92 Å². The normalized spacial score (nSPS) is 23.0. The SMILES string of the molecule is NCC1CCCCC1NC(=O)CSc1ccncc1. The first-order valence-corrected chi connectivity index (χ1v) is 7.80. The highest BCUT2D eigenvalue weighted by Crippen LogP contribution is 2.24. The summed E-state index contributed by atoms with van der Waals surface area (Å²) in [5, 5.41) is 3.13. The lowest BCUT2D eigenvalue weighted by Gasteiger charge is -2.31. The van der Waals surface area contributed by atoms with Crippen molar-refractivity contribution < 1.29 is 4.79 Å². The third kappa shape index (κ3) is 4.51. The zero-order valence-corrected chi connectivity index (χ0v) is 11.9. The van der Waals surface area contributed by atoms with Gasteiger partial charge in [0.2, 0.25) is 5.91 Å². The van der Waals surface area contributed by atoms with E-state index in [1.807, 2.05) is 12.1 Å². The van der Waals surface area contributed by atoms with Crippen LogP contribution in [0.2, 0.25) is 0 Å². The highest BCUT2D eigenvalue weighted by atomic mass is 32.2. The Balaban J connectivity index is 1.77. The quantitative estimate of drug-likeness (QED) is 0.807. The van der Waals surface area contributed by atoms with E-state index in [1.165, 1.54) is 12.8 Å². The van der Waals surface area contributed by atoms with Crippen molar-refractivity contribution in [3.8, 4) is 0 Å². The van der Waals surface area contributed by atoms with E-state index in [0.29, 0.717) is 18.2 Å². The predicted molar refractivity (Wildman–Crippen MR) is 77.9 cm³/mol. The summed E-state index contributed by atoms with van der Waals surface area (Å²) in [5.41, 5.74) is 5.77. The molecule has 1 fully saturated rings. The lowest BCUT2D eigenvalue weighted by molar-refractivity contribution is -0.119. The predicted octanol–water partition coefficient (Wildman–Crippen LogP) is 1.81. The van der Waals surface area contributed by atoms with Crippen molar-refractivity contribution in [2.24, 2.45) is 11.7 Å². The molecule has 2 unspecified atom stereocenters. The third-order valence-corrected chi connectivity index (χ3v) is 4.59. The number of nitrogens with one attached hydrogen (secondary N) is 1. The molecule has 1 amide bonds. The second kappa shape index (κ2) is 7.50. The fraction of sp³-hybridized carbons (Fsp3) is 0.571. The standard InChI is InChI=1S/C14H21N3OS/c15-9-11-3-1-2-4-13(11)17-14(18)10-19-12-5-7-16-8-6-12/h5-8,11,13H,1-4,9-10,15H2,(H,17,18). The highest BCUT2D eigenvalue weighted by molar-refractivity contribution is 8.00. The Morgan fingerprint density at radius 2 is 2.11 bits per heavy atom. The summed E-state index contributed by atoms with van der Waals surface area (Å²) in [6, 6.07) is 4.10. The fourth-order valence-electron chi connectivity index (χ4n) is 2.51. The average molecular weight is 279 g/mol. The van der Waals surface area contributed by atoms with Gasteiger partial charge in [-0.3, -0.25) is 9.78 Å². The molecule has 104 valence electrons. The summed E-state index contributed by atoms with van der Waals surface area (Å²) in [6.07, 6.45) is 8.11. The third-order valence-electron chi connectivity index (χ3n) is 3.58. The van der Waals surface area contributed by atoms with Gasteiger partial charge in [-0.05, 0) is 37.4 Å². The molecule has 2 atom stereocenters. The second-order valence-electron chi connectivity index (χ2n) is 4.93. The molecule has 5 heteroatoms. The maximum Gasteiger partial charge on any atom is 0.230 e. The van der Waals surface area contributed by atoms with Crippen molar-refractivity contribution in [3.05, 3.63) is 24.5 Å². The van der Waals surface area contributed by atoms with E-state index in [4.69, 9.17) is 5.73 Å². The molecule has 1 saturated carbocycles. The van der Waals surface area contributed by atoms with Gasteiger partial charge in [-0.1, -0.05) is 12.8 Å². The molecule has 1 aromatic heterocycles. The number of hydrogen-bond acceptors (Lipinski definition) is 4. The van der Waals surface area contributed by atoms with Crippen molar-refractivity contribution in [2.75, 3.05) is 12.3 Å². The maximum atomic E-state index is 12.0. The minimum absolute atomic E-state index is 0.104. The van der Waals surface area contributed by atoms with Crippen LogP contribution in [0.1, 0.15) is 25.7 Å². The first kappa shape index (κ1) is 14.3. The van der Waals surface area contributed by atoms with Crippen LogP contribution in [-0.2, 0) is 4.79 Å². The number of nitrogens with zero attached hydrogens (tertiary/aromatic N) is 1. The topological polar surface area (TPSA) is 68.0 Å². The van der Waals surface area contributed by atoms with Gasteiger partial charge in [-0.25, -0.2) is 0 Å². The summed E-state index contributed by atoms with van der Waals surface area (Å²) in [5.74, 6) is 1.01. The maximum absolute atomic E-state index is 12.0. The van der Waals surface area contributed by atoms with Crippen LogP contribution in [0.3, 0.4) is 0 Å². The van der Waals surface area contributed by atoms with Crippen molar-refractivity contribution >= 4 is 17.7 Å². The number of hydrogen-bond donors (Lipinski definition) is 2. The zero-order chi connectivity index (χ0) is 13.5. The minimum atomic E-state index is 0.104. The van der Waals surface area contributed by atoms with E-state index in [2.05, 4.69) is 10.3 Å². The molecule has 2 rings (SSSR count). The monoisotopic (exact) mass is 279 g/mol. The Morgan fingerprint density at radius 1 is 1.37 bits per heavy atom. The molecule has 0 aliphatic heterocycles. The Hall–Kier alpha value is -1.07. The molecule has 0 saturated heterocycles. The van der Waals surface area contributed by atoms with Crippen LogP contribution < -0.4 is 11.1 Å². The molecule has 0 spiro atoms. The molecule has 0 aromatic carbocycles. The Kier molecular flexibility index (Phi) is 5.66. The van der Waals surface area contributed by atoms with Crippen molar-refractivity contribution in [1.82, 2.24) is 10.3 Å².